The molecule has 0 spiro atoms. The number of ether oxygens (including phenoxy) is 1. The van der Waals surface area contributed by atoms with Crippen molar-refractivity contribution >= 4 is 11.6 Å². The lowest BCUT2D eigenvalue weighted by molar-refractivity contribution is 0.324. The number of alkyl halides is 1. The molecule has 1 aromatic rings. The van der Waals surface area contributed by atoms with E-state index in [1.807, 2.05) is 13.8 Å². The van der Waals surface area contributed by atoms with Crippen molar-refractivity contribution in [3.05, 3.63) is 18.1 Å². The Labute approximate surface area is 83.1 Å². The summed E-state index contributed by atoms with van der Waals surface area (Å²) in [6.07, 6.45) is 4.03. The van der Waals surface area contributed by atoms with Gasteiger partial charge in [-0.25, -0.2) is 4.98 Å². The molecule has 0 amide bonds. The van der Waals surface area contributed by atoms with Crippen molar-refractivity contribution in [1.82, 2.24) is 9.97 Å². The van der Waals surface area contributed by atoms with Crippen LogP contribution < -0.4 is 4.74 Å². The van der Waals surface area contributed by atoms with E-state index < -0.39 is 0 Å². The van der Waals surface area contributed by atoms with Crippen molar-refractivity contribution in [2.45, 2.75) is 25.6 Å². The lowest BCUT2D eigenvalue weighted by Gasteiger charge is -2.04. The third-order valence-corrected chi connectivity index (χ3v) is 1.60. The number of halogens is 1. The molecule has 1 aromatic heterocycles. The van der Waals surface area contributed by atoms with Crippen molar-refractivity contribution in [2.24, 2.45) is 0 Å². The molecule has 0 saturated carbocycles. The highest BCUT2D eigenvalue weighted by molar-refractivity contribution is 6.20. The lowest BCUT2D eigenvalue weighted by Crippen LogP contribution is -2.03. The summed E-state index contributed by atoms with van der Waals surface area (Å²) in [7, 11) is 0. The molecule has 0 bridgehead atoms. The molecule has 3 nitrogen and oxygen atoms in total. The van der Waals surface area contributed by atoms with Crippen molar-refractivity contribution in [1.29, 1.82) is 0 Å². The van der Waals surface area contributed by atoms with Crippen molar-refractivity contribution < 1.29 is 4.74 Å². The fourth-order valence-electron chi connectivity index (χ4n) is 0.990. The molecule has 0 aliphatic heterocycles. The van der Waals surface area contributed by atoms with Gasteiger partial charge in [-0.3, -0.25) is 4.98 Å². The van der Waals surface area contributed by atoms with E-state index in [1.165, 1.54) is 0 Å². The minimum Gasteiger partial charge on any atom is -0.477 e. The standard InChI is InChI=1S/C9H13ClN2O/c1-3-13-9-6-11-5-8(12-9)4-7(2)10/h5-7H,3-4H2,1-2H3. The third kappa shape index (κ3) is 3.59. The number of hydrogen-bond acceptors (Lipinski definition) is 3. The maximum atomic E-state index is 5.83. The van der Waals surface area contributed by atoms with Crippen molar-refractivity contribution in [2.75, 3.05) is 6.61 Å². The van der Waals surface area contributed by atoms with E-state index >= 15 is 0 Å². The Bertz CT molecular complexity index is 266. The molecule has 0 N–H and O–H groups in total. The molecule has 1 unspecified atom stereocenters. The van der Waals surface area contributed by atoms with Gasteiger partial charge in [0.25, 0.3) is 0 Å². The van der Waals surface area contributed by atoms with E-state index in [-0.39, 0.29) is 5.38 Å². The number of nitrogens with zero attached hydrogens (tertiary/aromatic N) is 2. The van der Waals surface area contributed by atoms with Crippen LogP contribution in [0.5, 0.6) is 5.88 Å². The zero-order chi connectivity index (χ0) is 9.68. The molecular weight excluding hydrogens is 188 g/mol. The van der Waals surface area contributed by atoms with Crippen LogP contribution in [0.25, 0.3) is 0 Å². The predicted octanol–water partition coefficient (Wildman–Crippen LogP) is 2.05. The third-order valence-electron chi connectivity index (χ3n) is 1.44. The van der Waals surface area contributed by atoms with Crippen molar-refractivity contribution in [3.8, 4) is 5.88 Å². The summed E-state index contributed by atoms with van der Waals surface area (Å²) in [6, 6.07) is 0. The van der Waals surface area contributed by atoms with E-state index in [1.54, 1.807) is 12.4 Å². The van der Waals surface area contributed by atoms with Crippen LogP contribution in [0, 0.1) is 0 Å². The normalized spacial score (nSPS) is 12.5. The molecule has 72 valence electrons. The van der Waals surface area contributed by atoms with E-state index in [4.69, 9.17) is 16.3 Å². The van der Waals surface area contributed by atoms with Gasteiger partial charge in [-0.2, -0.15) is 0 Å². The van der Waals surface area contributed by atoms with Gasteiger partial charge in [0.2, 0.25) is 5.88 Å². The van der Waals surface area contributed by atoms with Gasteiger partial charge in [0.15, 0.2) is 0 Å². The van der Waals surface area contributed by atoms with Gasteiger partial charge in [0, 0.05) is 18.0 Å². The van der Waals surface area contributed by atoms with Crippen LogP contribution in [0.4, 0.5) is 0 Å². The monoisotopic (exact) mass is 200 g/mol. The molecular formula is C9H13ClN2O. The molecule has 0 aromatic carbocycles. The first-order valence-corrected chi connectivity index (χ1v) is 4.73. The molecule has 0 aliphatic carbocycles. The van der Waals surface area contributed by atoms with Crippen LogP contribution in [0.15, 0.2) is 12.4 Å². The number of rotatable bonds is 4. The van der Waals surface area contributed by atoms with Crippen LogP contribution in [0.3, 0.4) is 0 Å². The second-order valence-corrected chi connectivity index (χ2v) is 3.51. The van der Waals surface area contributed by atoms with Crippen LogP contribution in [0.2, 0.25) is 0 Å². The van der Waals surface area contributed by atoms with E-state index in [0.717, 1.165) is 12.1 Å². The maximum Gasteiger partial charge on any atom is 0.232 e. The molecule has 1 atom stereocenters. The van der Waals surface area contributed by atoms with Gasteiger partial charge in [-0.15, -0.1) is 11.6 Å². The Kier molecular flexibility index (Phi) is 3.96. The van der Waals surface area contributed by atoms with Crippen LogP contribution in [-0.4, -0.2) is 22.0 Å². The first-order valence-electron chi connectivity index (χ1n) is 4.30. The summed E-state index contributed by atoms with van der Waals surface area (Å²) in [5.74, 6) is 0.567. The van der Waals surface area contributed by atoms with Gasteiger partial charge >= 0.3 is 0 Å². The Morgan fingerprint density at radius 1 is 1.54 bits per heavy atom. The fourth-order valence-corrected chi connectivity index (χ4v) is 1.15. The molecule has 0 aliphatic rings. The summed E-state index contributed by atoms with van der Waals surface area (Å²) in [5.41, 5.74) is 0.869. The highest BCUT2D eigenvalue weighted by Gasteiger charge is 2.02. The van der Waals surface area contributed by atoms with E-state index in [9.17, 15) is 0 Å². The Balaban J connectivity index is 2.67. The Hall–Kier alpha value is -0.830. The van der Waals surface area contributed by atoms with Crippen LogP contribution in [-0.2, 0) is 6.42 Å². The SMILES string of the molecule is CCOc1cncc(CC(C)Cl)n1. The molecule has 1 heterocycles. The smallest absolute Gasteiger partial charge is 0.232 e. The average Bonchev–Trinajstić information content (AvgIpc) is 2.04. The first-order chi connectivity index (χ1) is 6.22. The Morgan fingerprint density at radius 2 is 2.31 bits per heavy atom. The quantitative estimate of drug-likeness (QED) is 0.698. The second-order valence-electron chi connectivity index (χ2n) is 2.77. The fraction of sp³-hybridized carbons (Fsp3) is 0.556. The summed E-state index contributed by atoms with van der Waals surface area (Å²) in [5, 5.41) is 0.0752. The summed E-state index contributed by atoms with van der Waals surface area (Å²) in [4.78, 5) is 8.24. The van der Waals surface area contributed by atoms with Gasteiger partial charge < -0.3 is 4.74 Å². The zero-order valence-electron chi connectivity index (χ0n) is 7.83. The zero-order valence-corrected chi connectivity index (χ0v) is 8.58. The molecule has 0 radical (unpaired) electrons. The largest absolute Gasteiger partial charge is 0.477 e. The lowest BCUT2D eigenvalue weighted by atomic mass is 10.2. The summed E-state index contributed by atoms with van der Waals surface area (Å²) in [6.45, 7) is 4.45. The average molecular weight is 201 g/mol. The predicted molar refractivity (Wildman–Crippen MR) is 52.2 cm³/mol. The molecule has 13 heavy (non-hydrogen) atoms. The van der Waals surface area contributed by atoms with Crippen molar-refractivity contribution in [3.63, 3.8) is 0 Å². The highest BCUT2D eigenvalue weighted by atomic mass is 35.5. The molecule has 4 heteroatoms. The van der Waals surface area contributed by atoms with Gasteiger partial charge in [-0.1, -0.05) is 0 Å². The topological polar surface area (TPSA) is 35.0 Å². The number of aromatic nitrogens is 2. The molecule has 0 fully saturated rings. The van der Waals surface area contributed by atoms with E-state index in [0.29, 0.717) is 12.5 Å². The van der Waals surface area contributed by atoms with Gasteiger partial charge in [0.1, 0.15) is 0 Å². The van der Waals surface area contributed by atoms with Gasteiger partial charge in [0.05, 0.1) is 18.5 Å². The highest BCUT2D eigenvalue weighted by Crippen LogP contribution is 2.08. The summed E-state index contributed by atoms with van der Waals surface area (Å²) < 4.78 is 5.21. The maximum absolute atomic E-state index is 5.83. The van der Waals surface area contributed by atoms with Crippen LogP contribution in [0.1, 0.15) is 19.5 Å². The Morgan fingerprint density at radius 3 is 2.92 bits per heavy atom. The number of hydrogen-bond donors (Lipinski definition) is 0. The van der Waals surface area contributed by atoms with Crippen LogP contribution >= 0.6 is 11.6 Å². The molecule has 1 rings (SSSR count). The second kappa shape index (κ2) is 5.02. The van der Waals surface area contributed by atoms with Gasteiger partial charge in [-0.05, 0) is 13.8 Å². The first kappa shape index (κ1) is 10.3. The summed E-state index contributed by atoms with van der Waals surface area (Å²) >= 11 is 5.83. The van der Waals surface area contributed by atoms with E-state index in [2.05, 4.69) is 9.97 Å². The minimum absolute atomic E-state index is 0.0752. The molecule has 0 saturated heterocycles. The minimum atomic E-state index is 0.0752.